The molecule has 1 saturated heterocycles. The summed E-state index contributed by atoms with van der Waals surface area (Å²) in [5.74, 6) is 0. The lowest BCUT2D eigenvalue weighted by molar-refractivity contribution is -0.139. The number of piperidine rings is 1. The summed E-state index contributed by atoms with van der Waals surface area (Å²) in [5, 5.41) is 2.70. The van der Waals surface area contributed by atoms with Crippen molar-refractivity contribution in [2.45, 2.75) is 42.9 Å². The molecule has 1 fully saturated rings. The first-order valence-electron chi connectivity index (χ1n) is 6.72. The molecule has 1 aromatic carbocycles. The number of rotatable bonds is 3. The van der Waals surface area contributed by atoms with Crippen LogP contribution >= 0.6 is 11.6 Å². The van der Waals surface area contributed by atoms with E-state index < -0.39 is 37.7 Å². The normalized spacial score (nSPS) is 23.5. The first-order valence-corrected chi connectivity index (χ1v) is 8.59. The van der Waals surface area contributed by atoms with Crippen molar-refractivity contribution < 1.29 is 21.6 Å². The minimum absolute atomic E-state index is 0.0924. The molecule has 124 valence electrons. The molecule has 1 aliphatic heterocycles. The molecule has 2 N–H and O–H groups in total. The number of nitrogens with one attached hydrogen (secondary N) is 2. The molecule has 1 aromatic rings. The molecule has 2 unspecified atom stereocenters. The van der Waals surface area contributed by atoms with Gasteiger partial charge < -0.3 is 5.32 Å². The van der Waals surface area contributed by atoms with Gasteiger partial charge in [-0.25, -0.2) is 13.1 Å². The van der Waals surface area contributed by atoms with Gasteiger partial charge in [-0.15, -0.1) is 0 Å². The van der Waals surface area contributed by atoms with Crippen molar-refractivity contribution in [1.82, 2.24) is 10.0 Å². The average Bonchev–Trinajstić information content (AvgIpc) is 2.36. The third-order valence-electron chi connectivity index (χ3n) is 3.49. The molecule has 0 aliphatic carbocycles. The summed E-state index contributed by atoms with van der Waals surface area (Å²) in [7, 11) is -4.36. The van der Waals surface area contributed by atoms with Crippen LogP contribution in [0.1, 0.15) is 25.3 Å². The zero-order chi connectivity index (χ0) is 16.5. The number of benzene rings is 1. The van der Waals surface area contributed by atoms with Crippen molar-refractivity contribution in [3.8, 4) is 0 Å². The van der Waals surface area contributed by atoms with E-state index in [0.717, 1.165) is 12.1 Å². The highest BCUT2D eigenvalue weighted by Gasteiger charge is 2.39. The van der Waals surface area contributed by atoms with Crippen LogP contribution in [0.15, 0.2) is 23.1 Å². The molecule has 4 nitrogen and oxygen atoms in total. The lowest BCUT2D eigenvalue weighted by Gasteiger charge is -2.29. The van der Waals surface area contributed by atoms with Crippen LogP contribution in [-0.2, 0) is 16.2 Å². The zero-order valence-corrected chi connectivity index (χ0v) is 13.3. The van der Waals surface area contributed by atoms with Crippen LogP contribution in [0.4, 0.5) is 13.2 Å². The maximum absolute atomic E-state index is 13.0. The summed E-state index contributed by atoms with van der Waals surface area (Å²) >= 11 is 5.73. The Morgan fingerprint density at radius 1 is 1.36 bits per heavy atom. The summed E-state index contributed by atoms with van der Waals surface area (Å²) in [6.45, 7) is 2.49. The third kappa shape index (κ3) is 3.92. The predicted octanol–water partition coefficient (Wildman–Crippen LogP) is 2.78. The Morgan fingerprint density at radius 3 is 2.64 bits per heavy atom. The van der Waals surface area contributed by atoms with Crippen molar-refractivity contribution in [2.24, 2.45) is 0 Å². The van der Waals surface area contributed by atoms with Gasteiger partial charge in [0.15, 0.2) is 0 Å². The Kier molecular flexibility index (Phi) is 5.06. The van der Waals surface area contributed by atoms with E-state index in [1.807, 2.05) is 6.92 Å². The number of halogens is 4. The molecule has 0 saturated carbocycles. The highest BCUT2D eigenvalue weighted by molar-refractivity contribution is 7.89. The van der Waals surface area contributed by atoms with Gasteiger partial charge in [-0.05, 0) is 38.4 Å². The fraction of sp³-hybridized carbons (Fsp3) is 0.538. The third-order valence-corrected chi connectivity index (χ3v) is 5.53. The molecule has 0 spiro atoms. The monoisotopic (exact) mass is 356 g/mol. The van der Waals surface area contributed by atoms with E-state index in [2.05, 4.69) is 10.0 Å². The minimum Gasteiger partial charge on any atom is -0.314 e. The van der Waals surface area contributed by atoms with Crippen LogP contribution in [0.25, 0.3) is 0 Å². The van der Waals surface area contributed by atoms with E-state index in [4.69, 9.17) is 11.6 Å². The molecule has 0 radical (unpaired) electrons. The van der Waals surface area contributed by atoms with Gasteiger partial charge in [-0.1, -0.05) is 17.7 Å². The van der Waals surface area contributed by atoms with Crippen LogP contribution < -0.4 is 10.0 Å². The molecule has 1 aliphatic rings. The van der Waals surface area contributed by atoms with Gasteiger partial charge in [0.2, 0.25) is 10.0 Å². The number of hydrogen-bond donors (Lipinski definition) is 2. The Labute approximate surface area is 132 Å². The first kappa shape index (κ1) is 17.5. The number of hydrogen-bond acceptors (Lipinski definition) is 3. The van der Waals surface area contributed by atoms with E-state index in [9.17, 15) is 21.6 Å². The lowest BCUT2D eigenvalue weighted by atomic mass is 10.0. The molecule has 0 aromatic heterocycles. The molecule has 0 amide bonds. The molecule has 2 rings (SSSR count). The van der Waals surface area contributed by atoms with Gasteiger partial charge in [-0.2, -0.15) is 13.2 Å². The largest absolute Gasteiger partial charge is 0.417 e. The summed E-state index contributed by atoms with van der Waals surface area (Å²) < 4.78 is 66.2. The average molecular weight is 357 g/mol. The van der Waals surface area contributed by atoms with E-state index in [1.54, 1.807) is 0 Å². The summed E-state index contributed by atoms with van der Waals surface area (Å²) in [6.07, 6.45) is -3.78. The van der Waals surface area contributed by atoms with Crippen molar-refractivity contribution >= 4 is 21.6 Å². The molecular formula is C13H16ClF3N2O2S. The van der Waals surface area contributed by atoms with Crippen LogP contribution in [0.5, 0.6) is 0 Å². The minimum atomic E-state index is -4.80. The maximum Gasteiger partial charge on any atom is 0.417 e. The topological polar surface area (TPSA) is 58.2 Å². The Balaban J connectivity index is 2.37. The fourth-order valence-corrected chi connectivity index (χ4v) is 4.57. The first-order chi connectivity index (χ1) is 10.1. The quantitative estimate of drug-likeness (QED) is 0.875. The lowest BCUT2D eigenvalue weighted by Crippen LogP contribution is -2.46. The summed E-state index contributed by atoms with van der Waals surface area (Å²) in [6, 6.07) is 2.60. The number of alkyl halides is 3. The maximum atomic E-state index is 13.0. The van der Waals surface area contributed by atoms with Gasteiger partial charge >= 0.3 is 6.18 Å². The standard InChI is InChI=1S/C13H16ClF3N2O2S/c1-8-7-9(5-6-18-8)19-22(20,21)12-10(13(15,16)17)3-2-4-11(12)14/h2-4,8-9,18-19H,5-7H2,1H3. The van der Waals surface area contributed by atoms with Gasteiger partial charge in [0.05, 0.1) is 10.6 Å². The Hall–Kier alpha value is -0.830. The second-order valence-electron chi connectivity index (χ2n) is 5.31. The van der Waals surface area contributed by atoms with E-state index in [1.165, 1.54) is 0 Å². The van der Waals surface area contributed by atoms with Crippen LogP contribution in [0, 0.1) is 0 Å². The molecule has 1 heterocycles. The molecule has 0 bridgehead atoms. The van der Waals surface area contributed by atoms with Crippen molar-refractivity contribution in [3.63, 3.8) is 0 Å². The van der Waals surface area contributed by atoms with Crippen LogP contribution in [-0.4, -0.2) is 27.0 Å². The smallest absolute Gasteiger partial charge is 0.314 e. The predicted molar refractivity (Wildman–Crippen MR) is 77.3 cm³/mol. The van der Waals surface area contributed by atoms with E-state index in [0.29, 0.717) is 25.5 Å². The fourth-order valence-electron chi connectivity index (χ4n) is 2.52. The Morgan fingerprint density at radius 2 is 2.05 bits per heavy atom. The highest BCUT2D eigenvalue weighted by Crippen LogP contribution is 2.37. The van der Waals surface area contributed by atoms with Gasteiger partial charge in [0, 0.05) is 12.1 Å². The second kappa shape index (κ2) is 6.35. The molecule has 9 heteroatoms. The van der Waals surface area contributed by atoms with E-state index >= 15 is 0 Å². The molecule has 2 atom stereocenters. The summed E-state index contributed by atoms with van der Waals surface area (Å²) in [5.41, 5.74) is -1.26. The summed E-state index contributed by atoms with van der Waals surface area (Å²) in [4.78, 5) is -0.907. The van der Waals surface area contributed by atoms with Crippen LogP contribution in [0.2, 0.25) is 5.02 Å². The Bertz CT molecular complexity index is 649. The SMILES string of the molecule is CC1CC(NS(=O)(=O)c2c(Cl)cccc2C(F)(F)F)CCN1. The number of sulfonamides is 1. The molecule has 22 heavy (non-hydrogen) atoms. The van der Waals surface area contributed by atoms with Gasteiger partial charge in [0.1, 0.15) is 4.90 Å². The van der Waals surface area contributed by atoms with E-state index in [-0.39, 0.29) is 6.04 Å². The van der Waals surface area contributed by atoms with Crippen molar-refractivity contribution in [2.75, 3.05) is 6.54 Å². The van der Waals surface area contributed by atoms with Crippen molar-refractivity contribution in [1.29, 1.82) is 0 Å². The molecular weight excluding hydrogens is 341 g/mol. The van der Waals surface area contributed by atoms with Gasteiger partial charge in [0.25, 0.3) is 0 Å². The van der Waals surface area contributed by atoms with Gasteiger partial charge in [-0.3, -0.25) is 0 Å². The van der Waals surface area contributed by atoms with Crippen LogP contribution in [0.3, 0.4) is 0 Å². The highest BCUT2D eigenvalue weighted by atomic mass is 35.5. The second-order valence-corrected chi connectivity index (χ2v) is 7.37. The zero-order valence-electron chi connectivity index (χ0n) is 11.7. The van der Waals surface area contributed by atoms with Crippen molar-refractivity contribution in [3.05, 3.63) is 28.8 Å².